The van der Waals surface area contributed by atoms with E-state index in [-0.39, 0.29) is 10.7 Å². The van der Waals surface area contributed by atoms with E-state index in [4.69, 9.17) is 0 Å². The second kappa shape index (κ2) is 5.30. The molecule has 1 aliphatic rings. The lowest BCUT2D eigenvalue weighted by atomic mass is 9.89. The highest BCUT2D eigenvalue weighted by Gasteiger charge is 2.33. The van der Waals surface area contributed by atoms with Crippen LogP contribution in [0.3, 0.4) is 0 Å². The lowest BCUT2D eigenvalue weighted by Gasteiger charge is -2.21. The molecule has 1 aromatic rings. The molecule has 0 aliphatic heterocycles. The van der Waals surface area contributed by atoms with Gasteiger partial charge in [0, 0.05) is 11.8 Å². The highest BCUT2D eigenvalue weighted by Crippen LogP contribution is 2.36. The summed E-state index contributed by atoms with van der Waals surface area (Å²) in [6.45, 7) is 1.53. The predicted molar refractivity (Wildman–Crippen MR) is 76.5 cm³/mol. The van der Waals surface area contributed by atoms with Crippen molar-refractivity contribution in [3.8, 4) is 0 Å². The van der Waals surface area contributed by atoms with Crippen LogP contribution in [0.4, 0.5) is 0 Å². The first kappa shape index (κ1) is 15.2. The van der Waals surface area contributed by atoms with E-state index < -0.39 is 15.4 Å². The fourth-order valence-corrected chi connectivity index (χ4v) is 2.80. The van der Waals surface area contributed by atoms with Crippen molar-refractivity contribution < 1.29 is 18.3 Å². The van der Waals surface area contributed by atoms with E-state index in [2.05, 4.69) is 0 Å². The molecule has 0 saturated heterocycles. The molecule has 110 valence electrons. The van der Waals surface area contributed by atoms with Crippen LogP contribution in [0, 0.1) is 5.92 Å². The number of carbonyl (C=O) groups is 1. The minimum absolute atomic E-state index is 0.173. The van der Waals surface area contributed by atoms with E-state index in [0.717, 1.165) is 12.7 Å². The zero-order chi connectivity index (χ0) is 15.0. The van der Waals surface area contributed by atoms with Crippen LogP contribution in [-0.4, -0.2) is 31.2 Å². The predicted octanol–water partition coefficient (Wildman–Crippen LogP) is 2.21. The Labute approximate surface area is 119 Å². The quantitative estimate of drug-likeness (QED) is 0.817. The molecule has 0 spiro atoms. The Morgan fingerprint density at radius 3 is 2.30 bits per heavy atom. The minimum Gasteiger partial charge on any atom is -0.382 e. The van der Waals surface area contributed by atoms with Crippen molar-refractivity contribution in [3.63, 3.8) is 0 Å². The molecule has 1 unspecified atom stereocenters. The summed E-state index contributed by atoms with van der Waals surface area (Å²) in [5, 5.41) is 10.3. The summed E-state index contributed by atoms with van der Waals surface area (Å²) >= 11 is 0. The molecule has 0 heterocycles. The summed E-state index contributed by atoms with van der Waals surface area (Å²) in [6, 6.07) is 5.73. The lowest BCUT2D eigenvalue weighted by molar-refractivity contribution is 0.0351. The zero-order valence-electron chi connectivity index (χ0n) is 11.8. The second-order valence-electron chi connectivity index (χ2n) is 5.88. The number of rotatable bonds is 6. The zero-order valence-corrected chi connectivity index (χ0v) is 12.6. The first-order chi connectivity index (χ1) is 9.20. The first-order valence-electron chi connectivity index (χ1n) is 6.77. The van der Waals surface area contributed by atoms with Crippen LogP contribution in [0.2, 0.25) is 0 Å². The molecule has 4 nitrogen and oxygen atoms in total. The molecule has 0 amide bonds. The smallest absolute Gasteiger partial charge is 0.194 e. The van der Waals surface area contributed by atoms with E-state index >= 15 is 0 Å². The van der Waals surface area contributed by atoms with Crippen LogP contribution >= 0.6 is 0 Å². The van der Waals surface area contributed by atoms with Gasteiger partial charge in [-0.15, -0.1) is 0 Å². The average Bonchev–Trinajstić information content (AvgIpc) is 3.19. The maximum atomic E-state index is 12.3. The summed E-state index contributed by atoms with van der Waals surface area (Å²) in [5.41, 5.74) is -1.03. The van der Waals surface area contributed by atoms with Crippen molar-refractivity contribution in [2.24, 2.45) is 5.92 Å². The van der Waals surface area contributed by atoms with Crippen LogP contribution in [0.15, 0.2) is 29.2 Å². The Morgan fingerprint density at radius 2 is 1.85 bits per heavy atom. The molecular formula is C15H20O4S. The van der Waals surface area contributed by atoms with Gasteiger partial charge in [-0.1, -0.05) is 25.0 Å². The van der Waals surface area contributed by atoms with Gasteiger partial charge in [-0.3, -0.25) is 4.79 Å². The minimum atomic E-state index is -3.27. The molecule has 5 heteroatoms. The number of aliphatic hydroxyl groups is 1. The highest BCUT2D eigenvalue weighted by molar-refractivity contribution is 7.90. The third kappa shape index (κ3) is 3.67. The van der Waals surface area contributed by atoms with E-state index in [1.807, 2.05) is 0 Å². The number of hydrogen-bond donors (Lipinski definition) is 1. The standard InChI is InChI=1S/C15H20O4S/c1-15(17,10-9-11-3-4-11)14(16)12-5-7-13(8-6-12)20(2,18)19/h5-8,11,17H,3-4,9-10H2,1-2H3. The topological polar surface area (TPSA) is 71.4 Å². The number of sulfone groups is 1. The number of carbonyl (C=O) groups excluding carboxylic acids is 1. The third-order valence-electron chi connectivity index (χ3n) is 3.77. The molecule has 2 rings (SSSR count). The molecule has 1 atom stereocenters. The van der Waals surface area contributed by atoms with Gasteiger partial charge in [-0.2, -0.15) is 0 Å². The van der Waals surface area contributed by atoms with E-state index in [1.165, 1.54) is 44.0 Å². The van der Waals surface area contributed by atoms with Crippen molar-refractivity contribution in [2.75, 3.05) is 6.26 Å². The maximum absolute atomic E-state index is 12.3. The number of ketones is 1. The number of benzene rings is 1. The van der Waals surface area contributed by atoms with Crippen molar-refractivity contribution in [3.05, 3.63) is 29.8 Å². The molecular weight excluding hydrogens is 276 g/mol. The van der Waals surface area contributed by atoms with Crippen LogP contribution in [0.5, 0.6) is 0 Å². The summed E-state index contributed by atoms with van der Waals surface area (Å²) in [6.07, 6.45) is 4.81. The maximum Gasteiger partial charge on any atom is 0.194 e. The molecule has 20 heavy (non-hydrogen) atoms. The van der Waals surface area contributed by atoms with Crippen LogP contribution < -0.4 is 0 Å². The fourth-order valence-electron chi connectivity index (χ4n) is 2.17. The monoisotopic (exact) mass is 296 g/mol. The Balaban J connectivity index is 2.11. The van der Waals surface area contributed by atoms with Gasteiger partial charge < -0.3 is 5.11 Å². The number of hydrogen-bond acceptors (Lipinski definition) is 4. The van der Waals surface area contributed by atoms with Crippen LogP contribution in [0.25, 0.3) is 0 Å². The van der Waals surface area contributed by atoms with Gasteiger partial charge in [-0.25, -0.2) is 8.42 Å². The second-order valence-corrected chi connectivity index (χ2v) is 7.90. The molecule has 1 aliphatic carbocycles. The van der Waals surface area contributed by atoms with Gasteiger partial charge in [0.25, 0.3) is 0 Å². The summed E-state index contributed by atoms with van der Waals surface area (Å²) in [7, 11) is -3.27. The molecule has 0 aromatic heterocycles. The Bertz CT molecular complexity index is 595. The normalized spacial score (nSPS) is 18.6. The van der Waals surface area contributed by atoms with E-state index in [0.29, 0.717) is 17.9 Å². The van der Waals surface area contributed by atoms with Gasteiger partial charge >= 0.3 is 0 Å². The van der Waals surface area contributed by atoms with E-state index in [1.54, 1.807) is 0 Å². The first-order valence-corrected chi connectivity index (χ1v) is 8.66. The summed E-state index contributed by atoms with van der Waals surface area (Å²) in [4.78, 5) is 12.4. The highest BCUT2D eigenvalue weighted by atomic mass is 32.2. The molecule has 0 bridgehead atoms. The Morgan fingerprint density at radius 1 is 1.30 bits per heavy atom. The average molecular weight is 296 g/mol. The van der Waals surface area contributed by atoms with E-state index in [9.17, 15) is 18.3 Å². The van der Waals surface area contributed by atoms with Gasteiger partial charge in [0.1, 0.15) is 5.60 Å². The SMILES string of the molecule is CC(O)(CCC1CC1)C(=O)c1ccc(S(C)(=O)=O)cc1. The van der Waals surface area contributed by atoms with Crippen molar-refractivity contribution in [1.29, 1.82) is 0 Å². The largest absolute Gasteiger partial charge is 0.382 e. The molecule has 1 N–H and O–H groups in total. The van der Waals surface area contributed by atoms with Gasteiger partial charge in [0.05, 0.1) is 4.90 Å². The van der Waals surface area contributed by atoms with Crippen molar-refractivity contribution in [1.82, 2.24) is 0 Å². The Kier molecular flexibility index (Phi) is 4.02. The molecule has 0 radical (unpaired) electrons. The van der Waals surface area contributed by atoms with Crippen molar-refractivity contribution in [2.45, 2.75) is 43.1 Å². The van der Waals surface area contributed by atoms with Gasteiger partial charge in [-0.05, 0) is 37.8 Å². The van der Waals surface area contributed by atoms with Gasteiger partial charge in [0.2, 0.25) is 0 Å². The molecule has 1 saturated carbocycles. The third-order valence-corrected chi connectivity index (χ3v) is 4.90. The van der Waals surface area contributed by atoms with Crippen molar-refractivity contribution >= 4 is 15.6 Å². The molecule has 1 fully saturated rings. The molecule has 1 aromatic carbocycles. The summed E-state index contributed by atoms with van der Waals surface area (Å²) < 4.78 is 22.7. The van der Waals surface area contributed by atoms with Gasteiger partial charge in [0.15, 0.2) is 15.6 Å². The lowest BCUT2D eigenvalue weighted by Crippen LogP contribution is -2.35. The number of Topliss-reactive ketones (excluding diaryl/α,β-unsaturated/α-hetero) is 1. The van der Waals surface area contributed by atoms with Crippen LogP contribution in [0.1, 0.15) is 43.0 Å². The summed E-state index contributed by atoms with van der Waals surface area (Å²) in [5.74, 6) is 0.306. The van der Waals surface area contributed by atoms with Crippen LogP contribution in [-0.2, 0) is 9.84 Å². The fraction of sp³-hybridized carbons (Fsp3) is 0.533. The Hall–Kier alpha value is -1.20.